The Morgan fingerprint density at radius 1 is 1.10 bits per heavy atom. The third-order valence-corrected chi connectivity index (χ3v) is 4.97. The number of para-hydroxylation sites is 1. The predicted molar refractivity (Wildman–Crippen MR) is 112 cm³/mol. The summed E-state index contributed by atoms with van der Waals surface area (Å²) in [5.74, 6) is -0.0817. The molecule has 4 heterocycles. The van der Waals surface area contributed by atoms with Gasteiger partial charge in [0.15, 0.2) is 0 Å². The van der Waals surface area contributed by atoms with E-state index in [1.165, 1.54) is 0 Å². The molecule has 0 fully saturated rings. The highest BCUT2D eigenvalue weighted by Crippen LogP contribution is 2.19. The summed E-state index contributed by atoms with van der Waals surface area (Å²) in [7, 11) is 0. The van der Waals surface area contributed by atoms with Crippen LogP contribution in [0, 0.1) is 6.92 Å². The predicted octanol–water partition coefficient (Wildman–Crippen LogP) is 3.48. The Labute approximate surface area is 167 Å². The minimum atomic E-state index is -0.0817. The normalized spacial score (nSPS) is 11.3. The number of imidazole rings is 1. The lowest BCUT2D eigenvalue weighted by molar-refractivity contribution is -0.116. The average molecular weight is 384 g/mol. The summed E-state index contributed by atoms with van der Waals surface area (Å²) in [5, 5.41) is 8.42. The minimum Gasteiger partial charge on any atom is -0.335 e. The first kappa shape index (κ1) is 17.2. The number of anilines is 1. The number of pyridine rings is 1. The van der Waals surface area contributed by atoms with Crippen LogP contribution in [0.4, 0.5) is 5.69 Å². The van der Waals surface area contributed by atoms with Crippen LogP contribution in [0.25, 0.3) is 16.6 Å². The van der Waals surface area contributed by atoms with Crippen molar-refractivity contribution >= 4 is 28.1 Å². The molecule has 7 heteroatoms. The van der Waals surface area contributed by atoms with Gasteiger partial charge in [0.05, 0.1) is 24.1 Å². The highest BCUT2D eigenvalue weighted by molar-refractivity contribution is 5.92. The van der Waals surface area contributed by atoms with Crippen molar-refractivity contribution in [3.63, 3.8) is 0 Å². The van der Waals surface area contributed by atoms with Gasteiger partial charge >= 0.3 is 0 Å². The Morgan fingerprint density at radius 2 is 1.97 bits per heavy atom. The maximum absolute atomic E-state index is 12.6. The number of fused-ring (bicyclic) bond motifs is 2. The number of aryl methyl sites for hydroxylation is 1. The third-order valence-electron chi connectivity index (χ3n) is 4.97. The van der Waals surface area contributed by atoms with Crippen LogP contribution in [-0.2, 0) is 17.9 Å². The largest absolute Gasteiger partial charge is 0.335 e. The molecule has 0 saturated carbocycles. The molecule has 5 aromatic rings. The lowest BCUT2D eigenvalue weighted by Crippen LogP contribution is -2.19. The molecule has 0 saturated heterocycles. The Hall–Kier alpha value is -3.87. The standard InChI is InChI=1S/C22H20N6O/c1-16-10-17-6-2-3-7-20(17)28(16)15-22(29)25-18-11-23-27(13-18)14-19-12-26-9-5-4-8-21(26)24-19/h2-13H,14-15H2,1H3,(H,25,29). The van der Waals surface area contributed by atoms with Gasteiger partial charge in [0.1, 0.15) is 12.2 Å². The summed E-state index contributed by atoms with van der Waals surface area (Å²) < 4.78 is 5.77. The molecular formula is C22H20N6O. The van der Waals surface area contributed by atoms with Crippen LogP contribution >= 0.6 is 0 Å². The Bertz CT molecular complexity index is 1290. The smallest absolute Gasteiger partial charge is 0.244 e. The van der Waals surface area contributed by atoms with Crippen LogP contribution in [0.5, 0.6) is 0 Å². The van der Waals surface area contributed by atoms with Gasteiger partial charge in [-0.1, -0.05) is 24.3 Å². The molecule has 0 atom stereocenters. The van der Waals surface area contributed by atoms with E-state index in [1.54, 1.807) is 10.9 Å². The van der Waals surface area contributed by atoms with Gasteiger partial charge in [-0.05, 0) is 36.6 Å². The topological polar surface area (TPSA) is 69.2 Å². The lowest BCUT2D eigenvalue weighted by atomic mass is 10.2. The second-order valence-electron chi connectivity index (χ2n) is 7.10. The zero-order chi connectivity index (χ0) is 19.8. The summed E-state index contributed by atoms with van der Waals surface area (Å²) in [6.45, 7) is 2.82. The number of aromatic nitrogens is 5. The van der Waals surface area contributed by atoms with Crippen molar-refractivity contribution in [1.82, 2.24) is 23.7 Å². The van der Waals surface area contributed by atoms with Crippen LogP contribution in [0.15, 0.2) is 73.3 Å². The second kappa shape index (κ2) is 6.94. The van der Waals surface area contributed by atoms with Crippen molar-refractivity contribution in [2.75, 3.05) is 5.32 Å². The van der Waals surface area contributed by atoms with E-state index >= 15 is 0 Å². The molecule has 5 rings (SSSR count). The monoisotopic (exact) mass is 384 g/mol. The SMILES string of the molecule is Cc1cc2ccccc2n1CC(=O)Nc1cnn(Cc2cn3ccccc3n2)c1. The van der Waals surface area contributed by atoms with Crippen molar-refractivity contribution in [1.29, 1.82) is 0 Å². The number of benzene rings is 1. The third kappa shape index (κ3) is 3.38. The molecule has 29 heavy (non-hydrogen) atoms. The fourth-order valence-electron chi connectivity index (χ4n) is 3.65. The summed E-state index contributed by atoms with van der Waals surface area (Å²) in [4.78, 5) is 17.2. The Balaban J connectivity index is 1.28. The second-order valence-corrected chi connectivity index (χ2v) is 7.10. The minimum absolute atomic E-state index is 0.0817. The van der Waals surface area contributed by atoms with Gasteiger partial charge in [-0.2, -0.15) is 5.10 Å². The molecule has 1 amide bonds. The van der Waals surface area contributed by atoms with Crippen molar-refractivity contribution in [3.8, 4) is 0 Å². The summed E-state index contributed by atoms with van der Waals surface area (Å²) in [5.41, 5.74) is 4.60. The molecule has 0 radical (unpaired) electrons. The average Bonchev–Trinajstić information content (AvgIpc) is 3.40. The number of nitrogens with one attached hydrogen (secondary N) is 1. The molecular weight excluding hydrogens is 364 g/mol. The first-order valence-corrected chi connectivity index (χ1v) is 9.45. The van der Waals surface area contributed by atoms with Crippen LogP contribution in [-0.4, -0.2) is 29.6 Å². The fraction of sp³-hybridized carbons (Fsp3) is 0.136. The molecule has 4 aromatic heterocycles. The van der Waals surface area contributed by atoms with Gasteiger partial charge < -0.3 is 14.3 Å². The maximum Gasteiger partial charge on any atom is 0.244 e. The fourth-order valence-corrected chi connectivity index (χ4v) is 3.65. The molecule has 0 bridgehead atoms. The lowest BCUT2D eigenvalue weighted by Gasteiger charge is -2.08. The number of rotatable bonds is 5. The first-order chi connectivity index (χ1) is 14.2. The Kier molecular flexibility index (Phi) is 4.13. The summed E-state index contributed by atoms with van der Waals surface area (Å²) in [6.07, 6.45) is 7.43. The zero-order valence-corrected chi connectivity index (χ0v) is 16.0. The van der Waals surface area contributed by atoms with Crippen LogP contribution in [0.3, 0.4) is 0 Å². The van der Waals surface area contributed by atoms with Gasteiger partial charge in [0.25, 0.3) is 0 Å². The molecule has 1 aromatic carbocycles. The van der Waals surface area contributed by atoms with Crippen molar-refractivity contribution < 1.29 is 4.79 Å². The number of hydrogen-bond donors (Lipinski definition) is 1. The van der Waals surface area contributed by atoms with Gasteiger partial charge in [-0.3, -0.25) is 9.48 Å². The van der Waals surface area contributed by atoms with Crippen molar-refractivity contribution in [2.45, 2.75) is 20.0 Å². The number of carbonyl (C=O) groups is 1. The van der Waals surface area contributed by atoms with E-state index in [0.29, 0.717) is 12.2 Å². The number of amides is 1. The highest BCUT2D eigenvalue weighted by Gasteiger charge is 2.11. The maximum atomic E-state index is 12.6. The van der Waals surface area contributed by atoms with Gasteiger partial charge in [0.2, 0.25) is 5.91 Å². The molecule has 0 unspecified atom stereocenters. The van der Waals surface area contributed by atoms with E-state index in [2.05, 4.69) is 27.5 Å². The molecule has 0 aliphatic heterocycles. The van der Waals surface area contributed by atoms with Crippen LogP contribution in [0.2, 0.25) is 0 Å². The molecule has 1 N–H and O–H groups in total. The van der Waals surface area contributed by atoms with Crippen LogP contribution < -0.4 is 5.32 Å². The Morgan fingerprint density at radius 3 is 2.86 bits per heavy atom. The number of nitrogens with zero attached hydrogens (tertiary/aromatic N) is 5. The highest BCUT2D eigenvalue weighted by atomic mass is 16.1. The number of hydrogen-bond acceptors (Lipinski definition) is 3. The van der Waals surface area contributed by atoms with Gasteiger partial charge in [-0.15, -0.1) is 0 Å². The van der Waals surface area contributed by atoms with Gasteiger partial charge in [-0.25, -0.2) is 4.98 Å². The van der Waals surface area contributed by atoms with Gasteiger partial charge in [0, 0.05) is 29.8 Å². The molecule has 0 aliphatic carbocycles. The number of carbonyl (C=O) groups excluding carboxylic acids is 1. The molecule has 0 spiro atoms. The van der Waals surface area contributed by atoms with Crippen molar-refractivity contribution in [3.05, 3.63) is 84.7 Å². The van der Waals surface area contributed by atoms with E-state index in [-0.39, 0.29) is 12.5 Å². The molecule has 0 aliphatic rings. The van der Waals surface area contributed by atoms with Crippen molar-refractivity contribution in [2.24, 2.45) is 0 Å². The van der Waals surface area contributed by atoms with E-state index in [1.807, 2.05) is 70.9 Å². The zero-order valence-electron chi connectivity index (χ0n) is 16.0. The van der Waals surface area contributed by atoms with E-state index in [4.69, 9.17) is 0 Å². The molecule has 144 valence electrons. The summed E-state index contributed by atoms with van der Waals surface area (Å²) >= 11 is 0. The van der Waals surface area contributed by atoms with E-state index < -0.39 is 0 Å². The first-order valence-electron chi connectivity index (χ1n) is 9.45. The molecule has 7 nitrogen and oxygen atoms in total. The van der Waals surface area contributed by atoms with E-state index in [0.717, 1.165) is 27.9 Å². The quantitative estimate of drug-likeness (QED) is 0.504. The van der Waals surface area contributed by atoms with Crippen LogP contribution in [0.1, 0.15) is 11.4 Å². The van der Waals surface area contributed by atoms with E-state index in [9.17, 15) is 4.79 Å². The summed E-state index contributed by atoms with van der Waals surface area (Å²) in [6, 6.07) is 16.1.